The van der Waals surface area contributed by atoms with E-state index in [0.29, 0.717) is 22.8 Å². The molecule has 0 saturated carbocycles. The van der Waals surface area contributed by atoms with E-state index in [9.17, 15) is 9.59 Å². The largest absolute Gasteiger partial charge is 0.352 e. The highest BCUT2D eigenvalue weighted by Gasteiger charge is 2.16. The lowest BCUT2D eigenvalue weighted by atomic mass is 10.1. The maximum absolute atomic E-state index is 12.6. The third kappa shape index (κ3) is 3.45. The fourth-order valence-electron chi connectivity index (χ4n) is 2.65. The highest BCUT2D eigenvalue weighted by atomic mass is 16.5. The fourth-order valence-corrected chi connectivity index (χ4v) is 2.65. The Morgan fingerprint density at radius 2 is 2.12 bits per heavy atom. The standard InChI is InChI=1S/C18H20N4O3/c1-4-11(2)19-16(23)10-22-15-8-6-5-7-13(15)14(9-17(22)24)18-20-12(3)21-25-18/h5-9,11H,4,10H2,1-3H3,(H,19,23)/t11-/m1/s1. The number of para-hydroxylation sites is 1. The number of nitrogens with one attached hydrogen (secondary N) is 1. The Morgan fingerprint density at radius 1 is 1.36 bits per heavy atom. The monoisotopic (exact) mass is 340 g/mol. The Hall–Kier alpha value is -2.96. The van der Waals surface area contributed by atoms with Crippen LogP contribution in [0, 0.1) is 6.92 Å². The van der Waals surface area contributed by atoms with Crippen LogP contribution < -0.4 is 10.9 Å². The third-order valence-corrected chi connectivity index (χ3v) is 4.10. The summed E-state index contributed by atoms with van der Waals surface area (Å²) in [4.78, 5) is 29.1. The Labute approximate surface area is 144 Å². The van der Waals surface area contributed by atoms with E-state index in [2.05, 4.69) is 15.5 Å². The first kappa shape index (κ1) is 16.9. The van der Waals surface area contributed by atoms with Crippen LogP contribution in [0.2, 0.25) is 0 Å². The molecule has 3 rings (SSSR count). The Bertz CT molecular complexity index is 974. The van der Waals surface area contributed by atoms with E-state index in [1.807, 2.05) is 32.0 Å². The van der Waals surface area contributed by atoms with E-state index in [1.165, 1.54) is 10.6 Å². The van der Waals surface area contributed by atoms with Crippen LogP contribution in [-0.4, -0.2) is 26.7 Å². The van der Waals surface area contributed by atoms with Crippen molar-refractivity contribution in [1.29, 1.82) is 0 Å². The summed E-state index contributed by atoms with van der Waals surface area (Å²) in [6, 6.07) is 8.87. The van der Waals surface area contributed by atoms with Crippen molar-refractivity contribution in [3.63, 3.8) is 0 Å². The molecule has 0 bridgehead atoms. The van der Waals surface area contributed by atoms with Gasteiger partial charge in [0.2, 0.25) is 5.91 Å². The van der Waals surface area contributed by atoms with Crippen LogP contribution in [0.3, 0.4) is 0 Å². The van der Waals surface area contributed by atoms with Gasteiger partial charge < -0.3 is 9.84 Å². The quantitative estimate of drug-likeness (QED) is 0.769. The van der Waals surface area contributed by atoms with Crippen LogP contribution in [0.15, 0.2) is 39.6 Å². The van der Waals surface area contributed by atoms with Crippen LogP contribution >= 0.6 is 0 Å². The number of aromatic nitrogens is 3. The van der Waals surface area contributed by atoms with Crippen molar-refractivity contribution in [2.75, 3.05) is 0 Å². The fraction of sp³-hybridized carbons (Fsp3) is 0.333. The number of benzene rings is 1. The van der Waals surface area contributed by atoms with Crippen LogP contribution in [0.4, 0.5) is 0 Å². The predicted molar refractivity (Wildman–Crippen MR) is 94.1 cm³/mol. The SMILES string of the molecule is CC[C@@H](C)NC(=O)Cn1c(=O)cc(-c2nc(C)no2)c2ccccc21. The Kier molecular flexibility index (Phi) is 4.65. The van der Waals surface area contributed by atoms with Crippen molar-refractivity contribution >= 4 is 16.8 Å². The minimum absolute atomic E-state index is 0.0349. The van der Waals surface area contributed by atoms with E-state index < -0.39 is 0 Å². The number of carbonyl (C=O) groups excluding carboxylic acids is 1. The molecule has 7 nitrogen and oxygen atoms in total. The van der Waals surface area contributed by atoms with E-state index >= 15 is 0 Å². The zero-order valence-corrected chi connectivity index (χ0v) is 14.4. The number of hydrogen-bond donors (Lipinski definition) is 1. The van der Waals surface area contributed by atoms with Gasteiger partial charge in [0, 0.05) is 17.5 Å². The maximum Gasteiger partial charge on any atom is 0.258 e. The molecule has 1 atom stereocenters. The van der Waals surface area contributed by atoms with E-state index in [0.717, 1.165) is 11.8 Å². The number of fused-ring (bicyclic) bond motifs is 1. The van der Waals surface area contributed by atoms with Crippen molar-refractivity contribution in [2.24, 2.45) is 0 Å². The number of pyridine rings is 1. The average Bonchev–Trinajstić information content (AvgIpc) is 3.03. The lowest BCUT2D eigenvalue weighted by Gasteiger charge is -2.14. The van der Waals surface area contributed by atoms with Gasteiger partial charge in [0.25, 0.3) is 11.4 Å². The Balaban J connectivity index is 2.08. The summed E-state index contributed by atoms with van der Waals surface area (Å²) in [6.07, 6.45) is 0.830. The first-order valence-corrected chi connectivity index (χ1v) is 8.22. The summed E-state index contributed by atoms with van der Waals surface area (Å²) in [5.41, 5.74) is 0.934. The van der Waals surface area contributed by atoms with Gasteiger partial charge in [0.05, 0.1) is 11.1 Å². The molecule has 0 aliphatic carbocycles. The van der Waals surface area contributed by atoms with Crippen LogP contribution in [0.5, 0.6) is 0 Å². The van der Waals surface area contributed by atoms with Crippen LogP contribution in [0.1, 0.15) is 26.1 Å². The number of rotatable bonds is 5. The van der Waals surface area contributed by atoms with Crippen molar-refractivity contribution in [1.82, 2.24) is 20.0 Å². The van der Waals surface area contributed by atoms with E-state index in [1.54, 1.807) is 13.0 Å². The second-order valence-corrected chi connectivity index (χ2v) is 6.02. The molecule has 1 aromatic carbocycles. The van der Waals surface area contributed by atoms with Crippen molar-refractivity contribution in [2.45, 2.75) is 39.8 Å². The van der Waals surface area contributed by atoms with Gasteiger partial charge in [-0.1, -0.05) is 30.3 Å². The zero-order valence-electron chi connectivity index (χ0n) is 14.4. The first-order chi connectivity index (χ1) is 12.0. The molecule has 0 aliphatic heterocycles. The second-order valence-electron chi connectivity index (χ2n) is 6.02. The molecule has 0 unspecified atom stereocenters. The third-order valence-electron chi connectivity index (χ3n) is 4.10. The number of nitrogens with zero attached hydrogens (tertiary/aromatic N) is 3. The smallest absolute Gasteiger partial charge is 0.258 e. The summed E-state index contributed by atoms with van der Waals surface area (Å²) in [6.45, 7) is 5.61. The molecule has 0 aliphatic rings. The summed E-state index contributed by atoms with van der Waals surface area (Å²) in [5, 5.41) is 7.44. The number of aryl methyl sites for hydroxylation is 1. The lowest BCUT2D eigenvalue weighted by Crippen LogP contribution is -2.37. The minimum Gasteiger partial charge on any atom is -0.352 e. The van der Waals surface area contributed by atoms with Gasteiger partial charge in [-0.05, 0) is 26.3 Å². The highest BCUT2D eigenvalue weighted by molar-refractivity contribution is 5.93. The van der Waals surface area contributed by atoms with Crippen molar-refractivity contribution in [3.05, 3.63) is 46.5 Å². The molecule has 0 radical (unpaired) electrons. The van der Waals surface area contributed by atoms with Gasteiger partial charge in [-0.3, -0.25) is 14.2 Å². The molecule has 0 spiro atoms. The highest BCUT2D eigenvalue weighted by Crippen LogP contribution is 2.25. The second kappa shape index (κ2) is 6.88. The number of hydrogen-bond acceptors (Lipinski definition) is 5. The normalized spacial score (nSPS) is 12.3. The van der Waals surface area contributed by atoms with Crippen LogP contribution in [0.25, 0.3) is 22.4 Å². The summed E-state index contributed by atoms with van der Waals surface area (Å²) in [5.74, 6) is 0.598. The number of carbonyl (C=O) groups is 1. The summed E-state index contributed by atoms with van der Waals surface area (Å²) < 4.78 is 6.67. The molecular formula is C18H20N4O3. The minimum atomic E-state index is -0.288. The number of amides is 1. The van der Waals surface area contributed by atoms with Gasteiger partial charge >= 0.3 is 0 Å². The molecule has 0 saturated heterocycles. The van der Waals surface area contributed by atoms with Crippen LogP contribution in [-0.2, 0) is 11.3 Å². The Morgan fingerprint density at radius 3 is 2.80 bits per heavy atom. The molecular weight excluding hydrogens is 320 g/mol. The molecule has 25 heavy (non-hydrogen) atoms. The predicted octanol–water partition coefficient (Wildman–Crippen LogP) is 2.27. The van der Waals surface area contributed by atoms with E-state index in [-0.39, 0.29) is 24.1 Å². The molecule has 3 aromatic rings. The van der Waals surface area contributed by atoms with Gasteiger partial charge in [-0.15, -0.1) is 0 Å². The summed E-state index contributed by atoms with van der Waals surface area (Å²) in [7, 11) is 0. The lowest BCUT2D eigenvalue weighted by molar-refractivity contribution is -0.122. The molecule has 1 N–H and O–H groups in total. The summed E-state index contributed by atoms with van der Waals surface area (Å²) >= 11 is 0. The van der Waals surface area contributed by atoms with Gasteiger partial charge in [0.1, 0.15) is 6.54 Å². The maximum atomic E-state index is 12.6. The molecule has 2 heterocycles. The van der Waals surface area contributed by atoms with Gasteiger partial charge in [0.15, 0.2) is 5.82 Å². The van der Waals surface area contributed by atoms with Gasteiger partial charge in [-0.25, -0.2) is 0 Å². The molecule has 2 aromatic heterocycles. The molecule has 1 amide bonds. The first-order valence-electron chi connectivity index (χ1n) is 8.22. The molecule has 0 fully saturated rings. The molecule has 130 valence electrons. The van der Waals surface area contributed by atoms with Crippen molar-refractivity contribution < 1.29 is 9.32 Å². The topological polar surface area (TPSA) is 90.0 Å². The zero-order chi connectivity index (χ0) is 18.0. The molecule has 7 heteroatoms. The van der Waals surface area contributed by atoms with E-state index in [4.69, 9.17) is 4.52 Å². The van der Waals surface area contributed by atoms with Crippen molar-refractivity contribution in [3.8, 4) is 11.5 Å². The van der Waals surface area contributed by atoms with Gasteiger partial charge in [-0.2, -0.15) is 4.98 Å². The average molecular weight is 340 g/mol.